The maximum absolute atomic E-state index is 12.1. The monoisotopic (exact) mass is 280 g/mol. The van der Waals surface area contributed by atoms with Gasteiger partial charge in [0, 0.05) is 13.2 Å². The van der Waals surface area contributed by atoms with Crippen molar-refractivity contribution in [3.63, 3.8) is 0 Å². The van der Waals surface area contributed by atoms with Crippen LogP contribution in [0.3, 0.4) is 0 Å². The van der Waals surface area contributed by atoms with E-state index in [0.717, 1.165) is 10.1 Å². The Bertz CT molecular complexity index is 907. The minimum absolute atomic E-state index is 0.0238. The van der Waals surface area contributed by atoms with E-state index in [9.17, 15) is 9.59 Å². The first-order valence-corrected chi connectivity index (χ1v) is 6.18. The van der Waals surface area contributed by atoms with Crippen LogP contribution in [0.25, 0.3) is 0 Å². The van der Waals surface area contributed by atoms with Gasteiger partial charge in [0.25, 0.3) is 5.56 Å². The number of hydrogen-bond donors (Lipinski definition) is 0. The third-order valence-corrected chi connectivity index (χ3v) is 3.21. The van der Waals surface area contributed by atoms with Crippen molar-refractivity contribution in [1.29, 1.82) is 10.5 Å². The molecule has 0 saturated heterocycles. The Balaban J connectivity index is 2.58. The number of aromatic nitrogens is 2. The first kappa shape index (κ1) is 14.3. The van der Waals surface area contributed by atoms with Crippen molar-refractivity contribution in [2.75, 3.05) is 0 Å². The van der Waals surface area contributed by atoms with E-state index in [0.29, 0.717) is 11.1 Å². The average Bonchev–Trinajstić information content (AvgIpc) is 2.48. The van der Waals surface area contributed by atoms with Gasteiger partial charge in [-0.05, 0) is 24.1 Å². The van der Waals surface area contributed by atoms with Crippen LogP contribution in [0.15, 0.2) is 34.0 Å². The van der Waals surface area contributed by atoms with Crippen LogP contribution in [0.5, 0.6) is 0 Å². The molecular weight excluding hydrogens is 268 g/mol. The van der Waals surface area contributed by atoms with E-state index < -0.39 is 11.2 Å². The molecule has 2 rings (SSSR count). The van der Waals surface area contributed by atoms with Crippen LogP contribution in [-0.4, -0.2) is 9.13 Å². The largest absolute Gasteiger partial charge is 0.331 e. The van der Waals surface area contributed by atoms with Crippen LogP contribution >= 0.6 is 0 Å². The molecule has 1 aromatic carbocycles. The standard InChI is InChI=1S/C15H12N4O2/c1-10-3-4-11(5-12(10)6-16)8-19-14(20)13(7-17)9-18(2)15(19)21/h3-5,9H,8H2,1-2H3. The van der Waals surface area contributed by atoms with Crippen molar-refractivity contribution in [1.82, 2.24) is 9.13 Å². The molecule has 1 heterocycles. The molecule has 0 saturated carbocycles. The number of hydrogen-bond acceptors (Lipinski definition) is 4. The van der Waals surface area contributed by atoms with Crippen molar-refractivity contribution >= 4 is 0 Å². The second-order valence-electron chi connectivity index (χ2n) is 4.70. The molecule has 2 aromatic rings. The quantitative estimate of drug-likeness (QED) is 0.807. The highest BCUT2D eigenvalue weighted by atomic mass is 16.2. The predicted octanol–water partition coefficient (Wildman–Crippen LogP) is 0.647. The summed E-state index contributed by atoms with van der Waals surface area (Å²) in [7, 11) is 1.48. The maximum atomic E-state index is 12.1. The lowest BCUT2D eigenvalue weighted by molar-refractivity contribution is 0.636. The molecule has 0 amide bonds. The molecule has 6 nitrogen and oxygen atoms in total. The van der Waals surface area contributed by atoms with Crippen LogP contribution in [0.2, 0.25) is 0 Å². The Morgan fingerprint density at radius 3 is 2.43 bits per heavy atom. The zero-order chi connectivity index (χ0) is 15.6. The highest BCUT2D eigenvalue weighted by molar-refractivity contribution is 5.40. The molecule has 0 aliphatic carbocycles. The number of benzene rings is 1. The van der Waals surface area contributed by atoms with E-state index in [1.54, 1.807) is 24.3 Å². The smallest absolute Gasteiger partial charge is 0.302 e. The minimum Gasteiger partial charge on any atom is -0.302 e. The predicted molar refractivity (Wildman–Crippen MR) is 75.7 cm³/mol. The summed E-state index contributed by atoms with van der Waals surface area (Å²) in [5, 5.41) is 17.9. The van der Waals surface area contributed by atoms with Crippen LogP contribution in [0, 0.1) is 29.6 Å². The van der Waals surface area contributed by atoms with Gasteiger partial charge in [-0.25, -0.2) is 4.79 Å². The number of nitriles is 2. The summed E-state index contributed by atoms with van der Waals surface area (Å²) in [6.45, 7) is 1.83. The van der Waals surface area contributed by atoms with Gasteiger partial charge in [0.1, 0.15) is 11.6 Å². The zero-order valence-corrected chi connectivity index (χ0v) is 11.6. The highest BCUT2D eigenvalue weighted by Crippen LogP contribution is 2.10. The Kier molecular flexibility index (Phi) is 3.73. The SMILES string of the molecule is Cc1ccc(Cn2c(=O)c(C#N)cn(C)c2=O)cc1C#N. The Morgan fingerprint density at radius 1 is 1.14 bits per heavy atom. The van der Waals surface area contributed by atoms with Gasteiger partial charge in [0.2, 0.25) is 0 Å². The van der Waals surface area contributed by atoms with E-state index in [2.05, 4.69) is 6.07 Å². The van der Waals surface area contributed by atoms with Crippen LogP contribution in [0.4, 0.5) is 0 Å². The van der Waals surface area contributed by atoms with Crippen LogP contribution in [-0.2, 0) is 13.6 Å². The summed E-state index contributed by atoms with van der Waals surface area (Å²) in [5.74, 6) is 0. The third kappa shape index (κ3) is 2.60. The van der Waals surface area contributed by atoms with Crippen molar-refractivity contribution in [3.05, 3.63) is 67.5 Å². The Hall–Kier alpha value is -3.12. The minimum atomic E-state index is -0.625. The summed E-state index contributed by atoms with van der Waals surface area (Å²) in [6.07, 6.45) is 1.22. The topological polar surface area (TPSA) is 91.6 Å². The van der Waals surface area contributed by atoms with E-state index in [1.165, 1.54) is 17.8 Å². The molecule has 0 unspecified atom stereocenters. The lowest BCUT2D eigenvalue weighted by atomic mass is 10.1. The maximum Gasteiger partial charge on any atom is 0.331 e. The lowest BCUT2D eigenvalue weighted by Crippen LogP contribution is -2.40. The van der Waals surface area contributed by atoms with Gasteiger partial charge < -0.3 is 4.57 Å². The molecule has 6 heteroatoms. The van der Waals surface area contributed by atoms with Gasteiger partial charge in [-0.15, -0.1) is 0 Å². The fraction of sp³-hybridized carbons (Fsp3) is 0.200. The zero-order valence-electron chi connectivity index (χ0n) is 11.6. The van der Waals surface area contributed by atoms with Crippen molar-refractivity contribution in [2.24, 2.45) is 7.05 Å². The molecule has 0 aliphatic heterocycles. The first-order valence-electron chi connectivity index (χ1n) is 6.18. The third-order valence-electron chi connectivity index (χ3n) is 3.21. The second-order valence-corrected chi connectivity index (χ2v) is 4.70. The summed E-state index contributed by atoms with van der Waals surface area (Å²) >= 11 is 0. The molecule has 1 aromatic heterocycles. The fourth-order valence-corrected chi connectivity index (χ4v) is 2.01. The fourth-order valence-electron chi connectivity index (χ4n) is 2.01. The van der Waals surface area contributed by atoms with Gasteiger partial charge in [-0.3, -0.25) is 9.36 Å². The summed E-state index contributed by atoms with van der Waals surface area (Å²) in [6, 6.07) is 8.99. The molecule has 0 radical (unpaired) electrons. The molecule has 104 valence electrons. The van der Waals surface area contributed by atoms with Gasteiger partial charge in [0.15, 0.2) is 0 Å². The average molecular weight is 280 g/mol. The second kappa shape index (κ2) is 5.48. The van der Waals surface area contributed by atoms with Gasteiger partial charge >= 0.3 is 5.69 Å². The molecule has 0 fully saturated rings. The van der Waals surface area contributed by atoms with Crippen LogP contribution in [0.1, 0.15) is 22.3 Å². The summed E-state index contributed by atoms with van der Waals surface area (Å²) in [5.41, 5.74) is 0.759. The van der Waals surface area contributed by atoms with Crippen molar-refractivity contribution in [2.45, 2.75) is 13.5 Å². The van der Waals surface area contributed by atoms with E-state index in [-0.39, 0.29) is 12.1 Å². The van der Waals surface area contributed by atoms with E-state index in [1.807, 2.05) is 6.92 Å². The van der Waals surface area contributed by atoms with Gasteiger partial charge in [0.05, 0.1) is 18.2 Å². The Morgan fingerprint density at radius 2 is 1.81 bits per heavy atom. The summed E-state index contributed by atoms with van der Waals surface area (Å²) < 4.78 is 2.18. The lowest BCUT2D eigenvalue weighted by Gasteiger charge is -2.08. The van der Waals surface area contributed by atoms with Crippen LogP contribution < -0.4 is 11.2 Å². The Labute approximate surface area is 120 Å². The molecule has 0 aliphatic rings. The van der Waals surface area contributed by atoms with Crippen molar-refractivity contribution in [3.8, 4) is 12.1 Å². The number of aryl methyl sites for hydroxylation is 2. The first-order chi connectivity index (χ1) is 9.97. The van der Waals surface area contributed by atoms with Crippen molar-refractivity contribution < 1.29 is 0 Å². The molecule has 0 atom stereocenters. The van der Waals surface area contributed by atoms with E-state index in [4.69, 9.17) is 10.5 Å². The molecule has 0 N–H and O–H groups in total. The normalized spacial score (nSPS) is 9.90. The van der Waals surface area contributed by atoms with E-state index >= 15 is 0 Å². The number of nitrogens with zero attached hydrogens (tertiary/aromatic N) is 4. The molecule has 0 bridgehead atoms. The van der Waals surface area contributed by atoms with Gasteiger partial charge in [-0.2, -0.15) is 10.5 Å². The van der Waals surface area contributed by atoms with Gasteiger partial charge in [-0.1, -0.05) is 12.1 Å². The number of rotatable bonds is 2. The highest BCUT2D eigenvalue weighted by Gasteiger charge is 2.10. The summed E-state index contributed by atoms with van der Waals surface area (Å²) in [4.78, 5) is 24.1. The molecule has 21 heavy (non-hydrogen) atoms. The molecule has 0 spiro atoms. The molecular formula is C15H12N4O2.